The third-order valence-corrected chi connectivity index (χ3v) is 6.95. The Bertz CT molecular complexity index is 723. The quantitative estimate of drug-likeness (QED) is 0.727. The molecular weight excluding hydrogens is 326 g/mol. The summed E-state index contributed by atoms with van der Waals surface area (Å²) in [5, 5.41) is 0. The van der Waals surface area contributed by atoms with Gasteiger partial charge in [-0.25, -0.2) is 4.79 Å². The van der Waals surface area contributed by atoms with E-state index in [1.54, 1.807) is 7.11 Å². The van der Waals surface area contributed by atoms with Crippen LogP contribution in [0.4, 0.5) is 4.79 Å². The lowest BCUT2D eigenvalue weighted by molar-refractivity contribution is 0.0203. The number of amides is 1. The first-order valence-electron chi connectivity index (χ1n) is 9.91. The molecule has 1 aromatic rings. The van der Waals surface area contributed by atoms with E-state index in [4.69, 9.17) is 9.47 Å². The molecule has 0 bridgehead atoms. The van der Waals surface area contributed by atoms with E-state index in [9.17, 15) is 4.79 Å². The summed E-state index contributed by atoms with van der Waals surface area (Å²) < 4.78 is 11.1. The molecule has 0 radical (unpaired) electrons. The molecule has 2 aliphatic carbocycles. The normalized spacial score (nSPS) is 32.7. The van der Waals surface area contributed by atoms with Crippen molar-refractivity contribution in [1.82, 2.24) is 4.90 Å². The molecule has 1 aliphatic heterocycles. The lowest BCUT2D eigenvalue weighted by atomic mass is 9.63. The average molecular weight is 357 g/mol. The first-order valence-corrected chi connectivity index (χ1v) is 9.91. The Balaban J connectivity index is 1.63. The topological polar surface area (TPSA) is 38.8 Å². The maximum Gasteiger partial charge on any atom is 0.410 e. The molecule has 1 amide bonds. The number of carbonyl (C=O) groups excluding carboxylic acids is 1. The molecule has 0 aromatic heterocycles. The van der Waals surface area contributed by atoms with Gasteiger partial charge >= 0.3 is 6.09 Å². The van der Waals surface area contributed by atoms with Gasteiger partial charge in [0.25, 0.3) is 0 Å². The van der Waals surface area contributed by atoms with E-state index in [1.165, 1.54) is 24.0 Å². The molecule has 3 aliphatic rings. The van der Waals surface area contributed by atoms with Gasteiger partial charge in [0.05, 0.1) is 7.11 Å². The summed E-state index contributed by atoms with van der Waals surface area (Å²) in [7, 11) is 1.73. The van der Waals surface area contributed by atoms with E-state index in [2.05, 4.69) is 25.1 Å². The van der Waals surface area contributed by atoms with E-state index in [-0.39, 0.29) is 17.6 Å². The number of hydrogen-bond acceptors (Lipinski definition) is 3. The molecule has 26 heavy (non-hydrogen) atoms. The summed E-state index contributed by atoms with van der Waals surface area (Å²) in [5.41, 5.74) is 2.70. The van der Waals surface area contributed by atoms with Crippen molar-refractivity contribution in [3.8, 4) is 5.75 Å². The Morgan fingerprint density at radius 3 is 2.73 bits per heavy atom. The zero-order valence-electron chi connectivity index (χ0n) is 16.7. The third-order valence-electron chi connectivity index (χ3n) is 6.95. The van der Waals surface area contributed by atoms with Gasteiger partial charge in [0, 0.05) is 18.0 Å². The fraction of sp³-hybridized carbons (Fsp3) is 0.682. The SMILES string of the molecule is COc1ccc2c(c1)CC[C@]13CN(C(=O)OC(C)(C)C)[C@@H](C)[C@H]1CC[C@@H]23. The van der Waals surface area contributed by atoms with Crippen LogP contribution < -0.4 is 4.74 Å². The number of benzene rings is 1. The Kier molecular flexibility index (Phi) is 4.01. The van der Waals surface area contributed by atoms with Gasteiger partial charge in [0.15, 0.2) is 0 Å². The molecule has 1 heterocycles. The van der Waals surface area contributed by atoms with Crippen molar-refractivity contribution in [2.24, 2.45) is 11.3 Å². The summed E-state index contributed by atoms with van der Waals surface area (Å²) in [4.78, 5) is 14.8. The van der Waals surface area contributed by atoms with Gasteiger partial charge in [-0.15, -0.1) is 0 Å². The molecule has 4 nitrogen and oxygen atoms in total. The predicted octanol–water partition coefficient (Wildman–Crippen LogP) is 4.76. The Labute approximate surface area is 156 Å². The van der Waals surface area contributed by atoms with Crippen molar-refractivity contribution in [3.63, 3.8) is 0 Å². The minimum Gasteiger partial charge on any atom is -0.497 e. The Morgan fingerprint density at radius 2 is 2.04 bits per heavy atom. The van der Waals surface area contributed by atoms with Crippen LogP contribution >= 0.6 is 0 Å². The van der Waals surface area contributed by atoms with E-state index in [0.717, 1.165) is 25.1 Å². The van der Waals surface area contributed by atoms with Gasteiger partial charge in [0.2, 0.25) is 0 Å². The summed E-state index contributed by atoms with van der Waals surface area (Å²) in [5.74, 6) is 2.08. The summed E-state index contributed by atoms with van der Waals surface area (Å²) in [6.45, 7) is 8.88. The van der Waals surface area contributed by atoms with Crippen molar-refractivity contribution >= 4 is 6.09 Å². The van der Waals surface area contributed by atoms with Crippen LogP contribution in [-0.4, -0.2) is 36.3 Å². The lowest BCUT2D eigenvalue weighted by Crippen LogP contribution is -2.41. The Hall–Kier alpha value is -1.71. The summed E-state index contributed by atoms with van der Waals surface area (Å²) in [6.07, 6.45) is 4.53. The highest BCUT2D eigenvalue weighted by Crippen LogP contribution is 2.63. The van der Waals surface area contributed by atoms with Crippen molar-refractivity contribution in [2.45, 2.75) is 70.9 Å². The van der Waals surface area contributed by atoms with Gasteiger partial charge in [-0.3, -0.25) is 0 Å². The number of hydrogen-bond donors (Lipinski definition) is 0. The molecular formula is C22H31NO3. The van der Waals surface area contributed by atoms with Gasteiger partial charge in [-0.05, 0) is 88.5 Å². The van der Waals surface area contributed by atoms with Crippen molar-refractivity contribution in [1.29, 1.82) is 0 Å². The smallest absolute Gasteiger partial charge is 0.410 e. The van der Waals surface area contributed by atoms with Gasteiger partial charge in [0.1, 0.15) is 11.4 Å². The van der Waals surface area contributed by atoms with Crippen LogP contribution in [0.25, 0.3) is 0 Å². The second-order valence-corrected chi connectivity index (χ2v) is 9.38. The fourth-order valence-corrected chi connectivity index (χ4v) is 5.90. The molecule has 0 unspecified atom stereocenters. The highest BCUT2D eigenvalue weighted by molar-refractivity contribution is 5.69. The number of likely N-dealkylation sites (tertiary alicyclic amines) is 1. The van der Waals surface area contributed by atoms with E-state index in [1.807, 2.05) is 25.7 Å². The molecule has 0 N–H and O–H groups in total. The van der Waals surface area contributed by atoms with Crippen LogP contribution in [0.1, 0.15) is 64.0 Å². The summed E-state index contributed by atoms with van der Waals surface area (Å²) in [6, 6.07) is 6.83. The average Bonchev–Trinajstić information content (AvgIpc) is 3.08. The van der Waals surface area contributed by atoms with Crippen LogP contribution in [-0.2, 0) is 11.2 Å². The molecule has 1 saturated carbocycles. The zero-order valence-corrected chi connectivity index (χ0v) is 16.7. The Morgan fingerprint density at radius 1 is 1.27 bits per heavy atom. The monoisotopic (exact) mass is 357 g/mol. The third kappa shape index (κ3) is 2.60. The van der Waals surface area contributed by atoms with Crippen LogP contribution in [0.15, 0.2) is 18.2 Å². The first kappa shape index (κ1) is 17.7. The molecule has 142 valence electrons. The number of carbonyl (C=O) groups is 1. The van der Waals surface area contributed by atoms with E-state index >= 15 is 0 Å². The van der Waals surface area contributed by atoms with Crippen LogP contribution in [0.3, 0.4) is 0 Å². The van der Waals surface area contributed by atoms with Gasteiger partial charge in [-0.1, -0.05) is 6.07 Å². The maximum atomic E-state index is 12.8. The molecule has 1 spiro atoms. The molecule has 4 atom stereocenters. The van der Waals surface area contributed by atoms with Crippen molar-refractivity contribution in [3.05, 3.63) is 29.3 Å². The van der Waals surface area contributed by atoms with Gasteiger partial charge < -0.3 is 14.4 Å². The highest BCUT2D eigenvalue weighted by atomic mass is 16.6. The van der Waals surface area contributed by atoms with E-state index in [0.29, 0.717) is 11.8 Å². The number of ether oxygens (including phenoxy) is 2. The molecule has 1 aromatic carbocycles. The predicted molar refractivity (Wildman–Crippen MR) is 102 cm³/mol. The first-order chi connectivity index (χ1) is 12.2. The second kappa shape index (κ2) is 5.90. The van der Waals surface area contributed by atoms with Crippen LogP contribution in [0.2, 0.25) is 0 Å². The van der Waals surface area contributed by atoms with Crippen LogP contribution in [0, 0.1) is 11.3 Å². The zero-order chi connectivity index (χ0) is 18.7. The summed E-state index contributed by atoms with van der Waals surface area (Å²) >= 11 is 0. The maximum absolute atomic E-state index is 12.8. The number of aryl methyl sites for hydroxylation is 1. The highest BCUT2D eigenvalue weighted by Gasteiger charge is 2.61. The minimum atomic E-state index is -0.443. The molecule has 1 saturated heterocycles. The molecule has 4 heteroatoms. The second-order valence-electron chi connectivity index (χ2n) is 9.38. The number of methoxy groups -OCH3 is 1. The number of fused-ring (bicyclic) bond motifs is 2. The fourth-order valence-electron chi connectivity index (χ4n) is 5.90. The molecule has 4 rings (SSSR count). The van der Waals surface area contributed by atoms with Crippen LogP contribution in [0.5, 0.6) is 5.75 Å². The van der Waals surface area contributed by atoms with Gasteiger partial charge in [-0.2, -0.15) is 0 Å². The minimum absolute atomic E-state index is 0.145. The largest absolute Gasteiger partial charge is 0.497 e. The van der Waals surface area contributed by atoms with Crippen molar-refractivity contribution in [2.75, 3.05) is 13.7 Å². The number of nitrogens with zero attached hydrogens (tertiary/aromatic N) is 1. The molecule has 2 fully saturated rings. The van der Waals surface area contributed by atoms with E-state index < -0.39 is 5.60 Å². The number of rotatable bonds is 1. The lowest BCUT2D eigenvalue weighted by Gasteiger charge is -2.41. The van der Waals surface area contributed by atoms with Crippen molar-refractivity contribution < 1.29 is 14.3 Å². The standard InChI is InChI=1S/C22H31NO3/c1-14-18-8-9-19-17-7-6-16(25-5)12-15(17)10-11-22(18,19)13-23(14)20(24)26-21(2,3)4/h6-7,12,14,18-19H,8-11,13H2,1-5H3/t14-,18+,19-,22-/m0/s1.